The van der Waals surface area contributed by atoms with Gasteiger partial charge in [-0.15, -0.1) is 13.2 Å². The number of hydrogen-bond acceptors (Lipinski definition) is 2. The third kappa shape index (κ3) is 12.8. The van der Waals surface area contributed by atoms with Gasteiger partial charge in [0.2, 0.25) is 0 Å². The second-order valence-corrected chi connectivity index (χ2v) is 2.66. The Morgan fingerprint density at radius 1 is 1.45 bits per heavy atom. The summed E-state index contributed by atoms with van der Waals surface area (Å²) in [7, 11) is 2.11. The zero-order valence-electron chi connectivity index (χ0n) is 8.14. The molecule has 0 aromatic carbocycles. The maximum atomic E-state index is 5.57. The third-order valence-corrected chi connectivity index (χ3v) is 1.51. The molecule has 0 saturated carbocycles. The summed E-state index contributed by atoms with van der Waals surface area (Å²) in [6.07, 6.45) is 1.10. The quantitative estimate of drug-likeness (QED) is 0.628. The van der Waals surface area contributed by atoms with Crippen LogP contribution in [0.5, 0.6) is 0 Å². The van der Waals surface area contributed by atoms with Gasteiger partial charge in [-0.05, 0) is 33.5 Å². The van der Waals surface area contributed by atoms with Crippen molar-refractivity contribution in [3.05, 3.63) is 13.2 Å². The predicted molar refractivity (Wildman–Crippen MR) is 52.7 cm³/mol. The van der Waals surface area contributed by atoms with Crippen LogP contribution in [0.3, 0.4) is 0 Å². The van der Waals surface area contributed by atoms with Gasteiger partial charge in [0.1, 0.15) is 0 Å². The van der Waals surface area contributed by atoms with Crippen molar-refractivity contribution in [2.75, 3.05) is 20.1 Å². The van der Waals surface area contributed by atoms with Crippen LogP contribution in [0.2, 0.25) is 0 Å². The van der Waals surface area contributed by atoms with E-state index >= 15 is 0 Å². The Morgan fingerprint density at radius 3 is 2.18 bits per heavy atom. The molecule has 0 aromatic rings. The topological polar surface area (TPSA) is 29.3 Å². The number of hydrogen-bond donors (Lipinski definition) is 1. The van der Waals surface area contributed by atoms with E-state index in [0.29, 0.717) is 6.04 Å². The molecular formula is C9H22N2. The van der Waals surface area contributed by atoms with Crippen LogP contribution in [0.25, 0.3) is 0 Å². The van der Waals surface area contributed by atoms with E-state index in [1.54, 1.807) is 0 Å². The fraction of sp³-hybridized carbons (Fsp3) is 0.778. The average Bonchev–Trinajstić information content (AvgIpc) is 2.04. The molecule has 0 aliphatic carbocycles. The maximum Gasteiger partial charge on any atom is 0.00226 e. The average molecular weight is 158 g/mol. The second-order valence-electron chi connectivity index (χ2n) is 2.66. The van der Waals surface area contributed by atoms with Crippen molar-refractivity contribution in [1.29, 1.82) is 0 Å². The highest BCUT2D eigenvalue weighted by atomic mass is 15.1. The highest BCUT2D eigenvalue weighted by Gasteiger charge is 1.96. The minimum atomic E-state index is 0.346. The number of rotatable bonds is 4. The van der Waals surface area contributed by atoms with Crippen LogP contribution in [0.15, 0.2) is 13.2 Å². The Bertz CT molecular complexity index is 72.0. The van der Waals surface area contributed by atoms with E-state index in [9.17, 15) is 0 Å². The van der Waals surface area contributed by atoms with E-state index in [4.69, 9.17) is 5.73 Å². The van der Waals surface area contributed by atoms with Gasteiger partial charge in [0, 0.05) is 6.04 Å². The van der Waals surface area contributed by atoms with Gasteiger partial charge in [0.05, 0.1) is 0 Å². The first kappa shape index (κ1) is 13.3. The predicted octanol–water partition coefficient (Wildman–Crippen LogP) is 1.48. The first-order chi connectivity index (χ1) is 5.16. The molecule has 68 valence electrons. The third-order valence-electron chi connectivity index (χ3n) is 1.51. The maximum absolute atomic E-state index is 5.57. The van der Waals surface area contributed by atoms with Crippen LogP contribution < -0.4 is 5.73 Å². The van der Waals surface area contributed by atoms with Gasteiger partial charge in [-0.2, -0.15) is 0 Å². The van der Waals surface area contributed by atoms with Gasteiger partial charge in [0.25, 0.3) is 0 Å². The van der Waals surface area contributed by atoms with E-state index in [1.165, 1.54) is 0 Å². The highest BCUT2D eigenvalue weighted by Crippen LogP contribution is 1.89. The van der Waals surface area contributed by atoms with E-state index < -0.39 is 0 Å². The molecule has 11 heavy (non-hydrogen) atoms. The van der Waals surface area contributed by atoms with E-state index in [2.05, 4.69) is 32.0 Å². The lowest BCUT2D eigenvalue weighted by Crippen LogP contribution is -2.25. The van der Waals surface area contributed by atoms with Crippen molar-refractivity contribution in [2.45, 2.75) is 26.3 Å². The Labute approximate surface area is 71.1 Å². The minimum absolute atomic E-state index is 0.346. The number of nitrogens with zero attached hydrogens (tertiary/aromatic N) is 1. The molecule has 0 rings (SSSR count). The molecule has 2 heteroatoms. The SMILES string of the molecule is C=C.CCN(C)CCC(C)N. The van der Waals surface area contributed by atoms with Crippen molar-refractivity contribution < 1.29 is 0 Å². The second kappa shape index (κ2) is 9.66. The molecule has 0 spiro atoms. The summed E-state index contributed by atoms with van der Waals surface area (Å²) in [6, 6.07) is 0.346. The summed E-state index contributed by atoms with van der Waals surface area (Å²) < 4.78 is 0. The molecule has 0 amide bonds. The summed E-state index contributed by atoms with van der Waals surface area (Å²) >= 11 is 0. The summed E-state index contributed by atoms with van der Waals surface area (Å²) in [4.78, 5) is 2.27. The molecule has 0 heterocycles. The van der Waals surface area contributed by atoms with Crippen LogP contribution in [-0.2, 0) is 0 Å². The van der Waals surface area contributed by atoms with E-state index in [0.717, 1.165) is 19.5 Å². The lowest BCUT2D eigenvalue weighted by Gasteiger charge is -2.14. The number of nitrogens with two attached hydrogens (primary N) is 1. The lowest BCUT2D eigenvalue weighted by molar-refractivity contribution is 0.337. The minimum Gasteiger partial charge on any atom is -0.328 e. The van der Waals surface area contributed by atoms with Crippen molar-refractivity contribution in [3.8, 4) is 0 Å². The Hall–Kier alpha value is -0.340. The molecule has 0 aliphatic rings. The van der Waals surface area contributed by atoms with Gasteiger partial charge >= 0.3 is 0 Å². The summed E-state index contributed by atoms with van der Waals surface area (Å²) in [5.74, 6) is 0. The molecule has 0 aromatic heterocycles. The van der Waals surface area contributed by atoms with Crippen molar-refractivity contribution in [1.82, 2.24) is 4.90 Å². The highest BCUT2D eigenvalue weighted by molar-refractivity contribution is 4.55. The smallest absolute Gasteiger partial charge is 0.00226 e. The zero-order chi connectivity index (χ0) is 9.28. The van der Waals surface area contributed by atoms with E-state index in [-0.39, 0.29) is 0 Å². The molecule has 1 unspecified atom stereocenters. The van der Waals surface area contributed by atoms with Crippen LogP contribution in [0, 0.1) is 0 Å². The van der Waals surface area contributed by atoms with Gasteiger partial charge in [-0.1, -0.05) is 6.92 Å². The standard InChI is InChI=1S/C7H18N2.C2H4/c1-4-9(3)6-5-7(2)8;1-2/h7H,4-6,8H2,1-3H3;1-2H2. The molecule has 2 N–H and O–H groups in total. The van der Waals surface area contributed by atoms with Crippen LogP contribution in [-0.4, -0.2) is 31.1 Å². The molecule has 1 atom stereocenters. The van der Waals surface area contributed by atoms with Crippen LogP contribution in [0.1, 0.15) is 20.3 Å². The van der Waals surface area contributed by atoms with Gasteiger partial charge in [-0.25, -0.2) is 0 Å². The fourth-order valence-corrected chi connectivity index (χ4v) is 0.582. The van der Waals surface area contributed by atoms with E-state index in [1.807, 2.05) is 6.92 Å². The molecule has 0 fully saturated rings. The van der Waals surface area contributed by atoms with Crippen LogP contribution >= 0.6 is 0 Å². The molecule has 0 bridgehead atoms. The largest absolute Gasteiger partial charge is 0.328 e. The Morgan fingerprint density at radius 2 is 1.91 bits per heavy atom. The van der Waals surface area contributed by atoms with Gasteiger partial charge in [-0.3, -0.25) is 0 Å². The van der Waals surface area contributed by atoms with Crippen molar-refractivity contribution in [2.24, 2.45) is 5.73 Å². The van der Waals surface area contributed by atoms with Gasteiger partial charge in [0.15, 0.2) is 0 Å². The van der Waals surface area contributed by atoms with Crippen molar-refractivity contribution in [3.63, 3.8) is 0 Å². The Balaban J connectivity index is 0. The fourth-order valence-electron chi connectivity index (χ4n) is 0.582. The first-order valence-corrected chi connectivity index (χ1v) is 4.11. The summed E-state index contributed by atoms with van der Waals surface area (Å²) in [5.41, 5.74) is 5.57. The summed E-state index contributed by atoms with van der Waals surface area (Å²) in [5, 5.41) is 0. The Kier molecular flexibility index (Phi) is 11.6. The van der Waals surface area contributed by atoms with Gasteiger partial charge < -0.3 is 10.6 Å². The van der Waals surface area contributed by atoms with Crippen molar-refractivity contribution >= 4 is 0 Å². The molecule has 0 saturated heterocycles. The van der Waals surface area contributed by atoms with Crippen LogP contribution in [0.4, 0.5) is 0 Å². The monoisotopic (exact) mass is 158 g/mol. The molecule has 0 radical (unpaired) electrons. The molecule has 0 aliphatic heterocycles. The first-order valence-electron chi connectivity index (χ1n) is 4.11. The summed E-state index contributed by atoms with van der Waals surface area (Å²) in [6.45, 7) is 12.4. The molecule has 2 nitrogen and oxygen atoms in total. The molecular weight excluding hydrogens is 136 g/mol. The normalized spacial score (nSPS) is 12.1. The zero-order valence-corrected chi connectivity index (χ0v) is 8.14. The lowest BCUT2D eigenvalue weighted by atomic mass is 10.2.